The Labute approximate surface area is 46.6 Å². The Morgan fingerprint density at radius 1 is 1.83 bits per heavy atom. The molecule has 0 saturated heterocycles. The van der Waals surface area contributed by atoms with Crippen LogP contribution in [0.25, 0.3) is 0 Å². The van der Waals surface area contributed by atoms with E-state index in [1.165, 1.54) is 0 Å². The quantitative estimate of drug-likeness (QED) is 0.418. The molecule has 0 fully saturated rings. The third-order valence-electron chi connectivity index (χ3n) is 0.341. The predicted molar refractivity (Wildman–Crippen MR) is 29.1 cm³/mol. The number of carbonyl (C=O) groups excluding carboxylic acids is 1. The van der Waals surface area contributed by atoms with Gasteiger partial charge in [0, 0.05) is 6.42 Å². The summed E-state index contributed by atoms with van der Waals surface area (Å²) >= 11 is 2.72. The van der Waals surface area contributed by atoms with Crippen LogP contribution in [0.5, 0.6) is 0 Å². The number of carbonyl (C=O) groups is 1. The van der Waals surface area contributed by atoms with Gasteiger partial charge in [-0.25, -0.2) is 0 Å². The molecule has 0 heterocycles. The first-order chi connectivity index (χ1) is 2.77. The van der Waals surface area contributed by atoms with Crippen molar-refractivity contribution >= 4 is 28.5 Å². The molecule has 0 aliphatic heterocycles. The van der Waals surface area contributed by atoms with Gasteiger partial charge in [0.25, 0.3) is 0 Å². The highest BCUT2D eigenvalue weighted by molar-refractivity contribution is 9.18. The molecule has 0 rings (SSSR count). The van der Waals surface area contributed by atoms with Gasteiger partial charge in [-0.3, -0.25) is 4.79 Å². The zero-order valence-corrected chi connectivity index (χ0v) is 4.86. The maximum atomic E-state index is 9.88. The van der Waals surface area contributed by atoms with E-state index in [-0.39, 0.29) is 4.69 Å². The Morgan fingerprint density at radius 2 is 2.33 bits per heavy atom. The van der Waals surface area contributed by atoms with Crippen molar-refractivity contribution in [2.24, 2.45) is 0 Å². The average Bonchev–Trinajstić information content (AvgIpc) is 1.35. The molecule has 0 spiro atoms. The van der Waals surface area contributed by atoms with Crippen molar-refractivity contribution in [1.82, 2.24) is 0 Å². The third kappa shape index (κ3) is 4.21. The topological polar surface area (TPSA) is 17.1 Å². The molecule has 2 radical (unpaired) electrons. The molecule has 0 aromatic rings. The SMILES string of the molecule is [B]CCC(=O)Br. The second kappa shape index (κ2) is 3.41. The van der Waals surface area contributed by atoms with Crippen LogP contribution >= 0.6 is 15.9 Å². The lowest BCUT2D eigenvalue weighted by atomic mass is 10.0. The summed E-state index contributed by atoms with van der Waals surface area (Å²) in [6, 6.07) is 0. The minimum absolute atomic E-state index is 0.0231. The minimum atomic E-state index is -0.0231. The molecular formula is C3H4BBrO. The van der Waals surface area contributed by atoms with Crippen LogP contribution in [0.15, 0.2) is 0 Å². The summed E-state index contributed by atoms with van der Waals surface area (Å²) in [4.78, 5) is 9.88. The van der Waals surface area contributed by atoms with Crippen LogP contribution in [0.2, 0.25) is 6.32 Å². The standard InChI is InChI=1S/C3H4BBrO/c4-2-1-3(5)6/h1-2H2. The van der Waals surface area contributed by atoms with Crippen molar-refractivity contribution in [3.8, 4) is 0 Å². The molecule has 0 unspecified atom stereocenters. The molecule has 0 aromatic heterocycles. The van der Waals surface area contributed by atoms with Crippen LogP contribution in [-0.4, -0.2) is 12.5 Å². The maximum Gasteiger partial charge on any atom is 0.197 e. The Morgan fingerprint density at radius 3 is 2.33 bits per heavy atom. The summed E-state index contributed by atoms with van der Waals surface area (Å²) in [5, 5.41) is 0. The molecular weight excluding hydrogens is 143 g/mol. The van der Waals surface area contributed by atoms with E-state index in [9.17, 15) is 4.79 Å². The van der Waals surface area contributed by atoms with E-state index < -0.39 is 0 Å². The van der Waals surface area contributed by atoms with Gasteiger partial charge in [0.2, 0.25) is 0 Å². The first-order valence-electron chi connectivity index (χ1n) is 1.65. The zero-order chi connectivity index (χ0) is 4.99. The third-order valence-corrected chi connectivity index (χ3v) is 0.737. The van der Waals surface area contributed by atoms with Crippen LogP contribution in [0, 0.1) is 0 Å². The molecule has 32 valence electrons. The molecule has 3 heteroatoms. The maximum absolute atomic E-state index is 9.88. The Hall–Kier alpha value is 0.215. The number of halogens is 1. The van der Waals surface area contributed by atoms with Crippen molar-refractivity contribution in [2.45, 2.75) is 12.7 Å². The largest absolute Gasteiger partial charge is 0.287 e. The van der Waals surface area contributed by atoms with E-state index >= 15 is 0 Å². The van der Waals surface area contributed by atoms with Gasteiger partial charge in [0.1, 0.15) is 0 Å². The fourth-order valence-corrected chi connectivity index (χ4v) is 0.342. The molecule has 0 N–H and O–H groups in total. The molecule has 0 aromatic carbocycles. The molecule has 0 atom stereocenters. The normalized spacial score (nSPS) is 8.17. The first-order valence-corrected chi connectivity index (χ1v) is 2.45. The highest BCUT2D eigenvalue weighted by Gasteiger charge is 1.86. The van der Waals surface area contributed by atoms with E-state index in [2.05, 4.69) is 15.9 Å². The minimum Gasteiger partial charge on any atom is -0.287 e. The molecule has 0 bridgehead atoms. The van der Waals surface area contributed by atoms with Crippen LogP contribution < -0.4 is 0 Å². The Balaban J connectivity index is 2.83. The first kappa shape index (κ1) is 6.21. The lowest BCUT2D eigenvalue weighted by Gasteiger charge is -1.78. The lowest BCUT2D eigenvalue weighted by molar-refractivity contribution is -0.110. The molecule has 0 amide bonds. The summed E-state index contributed by atoms with van der Waals surface area (Å²) in [5.41, 5.74) is 0. The Bertz CT molecular complexity index is 54.8. The van der Waals surface area contributed by atoms with E-state index in [1.807, 2.05) is 0 Å². The summed E-state index contributed by atoms with van der Waals surface area (Å²) in [6.45, 7) is 0. The van der Waals surface area contributed by atoms with Gasteiger partial charge in [-0.2, -0.15) is 0 Å². The van der Waals surface area contributed by atoms with E-state index in [1.54, 1.807) is 0 Å². The highest BCUT2D eigenvalue weighted by Crippen LogP contribution is 1.92. The monoisotopic (exact) mass is 146 g/mol. The van der Waals surface area contributed by atoms with Crippen molar-refractivity contribution in [3.63, 3.8) is 0 Å². The van der Waals surface area contributed by atoms with Crippen LogP contribution in [-0.2, 0) is 4.79 Å². The fraction of sp³-hybridized carbons (Fsp3) is 0.667. The zero-order valence-electron chi connectivity index (χ0n) is 3.28. The van der Waals surface area contributed by atoms with Gasteiger partial charge in [-0.1, -0.05) is 6.32 Å². The summed E-state index contributed by atoms with van der Waals surface area (Å²) < 4.78 is -0.0231. The number of hydrogen-bond acceptors (Lipinski definition) is 1. The molecule has 0 saturated carbocycles. The van der Waals surface area contributed by atoms with Gasteiger partial charge >= 0.3 is 0 Å². The van der Waals surface area contributed by atoms with Crippen molar-refractivity contribution in [2.75, 3.05) is 0 Å². The molecule has 0 aliphatic carbocycles. The van der Waals surface area contributed by atoms with Gasteiger partial charge < -0.3 is 0 Å². The second-order valence-corrected chi connectivity index (χ2v) is 1.78. The summed E-state index contributed by atoms with van der Waals surface area (Å²) in [5.74, 6) is 0. The van der Waals surface area contributed by atoms with E-state index in [0.29, 0.717) is 12.7 Å². The summed E-state index contributed by atoms with van der Waals surface area (Å²) in [6.07, 6.45) is 0.865. The van der Waals surface area contributed by atoms with Gasteiger partial charge in [-0.15, -0.1) is 0 Å². The van der Waals surface area contributed by atoms with E-state index in [0.717, 1.165) is 0 Å². The van der Waals surface area contributed by atoms with Crippen LogP contribution in [0.4, 0.5) is 0 Å². The van der Waals surface area contributed by atoms with Gasteiger partial charge in [-0.05, 0) is 15.9 Å². The highest BCUT2D eigenvalue weighted by atomic mass is 79.9. The molecule has 0 aliphatic rings. The summed E-state index contributed by atoms with van der Waals surface area (Å²) in [7, 11) is 4.98. The smallest absolute Gasteiger partial charge is 0.197 e. The van der Waals surface area contributed by atoms with Crippen molar-refractivity contribution in [3.05, 3.63) is 0 Å². The fourth-order valence-electron chi connectivity index (χ4n) is 0.113. The second-order valence-electron chi connectivity index (χ2n) is 0.894. The van der Waals surface area contributed by atoms with Gasteiger partial charge in [0.15, 0.2) is 4.69 Å². The van der Waals surface area contributed by atoms with Gasteiger partial charge in [0.05, 0.1) is 7.85 Å². The average molecular weight is 147 g/mol. The van der Waals surface area contributed by atoms with Crippen LogP contribution in [0.1, 0.15) is 6.42 Å². The molecule has 1 nitrogen and oxygen atoms in total. The Kier molecular flexibility index (Phi) is 3.53. The van der Waals surface area contributed by atoms with E-state index in [4.69, 9.17) is 7.85 Å². The number of hydrogen-bond donors (Lipinski definition) is 0. The number of rotatable bonds is 2. The van der Waals surface area contributed by atoms with Crippen molar-refractivity contribution < 1.29 is 4.79 Å². The predicted octanol–water partition coefficient (Wildman–Crippen LogP) is 0.885. The van der Waals surface area contributed by atoms with Crippen LogP contribution in [0.3, 0.4) is 0 Å². The lowest BCUT2D eigenvalue weighted by Crippen LogP contribution is -1.80. The van der Waals surface area contributed by atoms with Crippen molar-refractivity contribution in [1.29, 1.82) is 0 Å². The molecule has 6 heavy (non-hydrogen) atoms.